The summed E-state index contributed by atoms with van der Waals surface area (Å²) in [6.45, 7) is 4.43. The van der Waals surface area contributed by atoms with Crippen molar-refractivity contribution in [2.75, 3.05) is 0 Å². The van der Waals surface area contributed by atoms with Gasteiger partial charge in [-0.05, 0) is 66.0 Å². The number of rotatable bonds is 3. The van der Waals surface area contributed by atoms with Crippen molar-refractivity contribution in [3.05, 3.63) is 83.8 Å². The Hall–Kier alpha value is -3.00. The van der Waals surface area contributed by atoms with E-state index in [1.54, 1.807) is 0 Å². The zero-order valence-corrected chi connectivity index (χ0v) is 18.2. The lowest BCUT2D eigenvalue weighted by molar-refractivity contribution is -0.665. The van der Waals surface area contributed by atoms with Crippen molar-refractivity contribution in [1.29, 1.82) is 0 Å². The summed E-state index contributed by atoms with van der Waals surface area (Å²) < 4.78 is 2.34. The molecule has 2 aromatic heterocycles. The summed E-state index contributed by atoms with van der Waals surface area (Å²) in [5, 5.41) is 2.69. The predicted molar refractivity (Wildman–Crippen MR) is 124 cm³/mol. The van der Waals surface area contributed by atoms with E-state index in [4.69, 9.17) is 0 Å². The number of pyridine rings is 2. The van der Waals surface area contributed by atoms with Crippen LogP contribution in [0.5, 0.6) is 0 Å². The lowest BCUT2D eigenvalue weighted by Gasteiger charge is -2.14. The third-order valence-corrected chi connectivity index (χ3v) is 6.87. The molecule has 0 saturated heterocycles. The van der Waals surface area contributed by atoms with E-state index in [9.17, 15) is 0 Å². The number of hydrogen-bond donors (Lipinski definition) is 0. The van der Waals surface area contributed by atoms with Crippen LogP contribution in [0.3, 0.4) is 0 Å². The first-order chi connectivity index (χ1) is 14.6. The second-order valence-corrected chi connectivity index (χ2v) is 8.79. The lowest BCUT2D eigenvalue weighted by atomic mass is 9.92. The predicted octanol–water partition coefficient (Wildman–Crippen LogP) is 6.67. The van der Waals surface area contributed by atoms with Crippen LogP contribution < -0.4 is 4.57 Å². The fourth-order valence-corrected chi connectivity index (χ4v) is 5.02. The molecule has 2 heteroatoms. The molecule has 2 nitrogen and oxygen atoms in total. The van der Waals surface area contributed by atoms with Gasteiger partial charge in [-0.25, -0.2) is 0 Å². The van der Waals surface area contributed by atoms with Gasteiger partial charge in [0.15, 0.2) is 5.69 Å². The van der Waals surface area contributed by atoms with Gasteiger partial charge in [0.05, 0.1) is 10.9 Å². The number of nitrogens with zero attached hydrogens (tertiary/aromatic N) is 2. The minimum atomic E-state index is 0.739. The van der Waals surface area contributed by atoms with Gasteiger partial charge in [0.1, 0.15) is 7.05 Å². The van der Waals surface area contributed by atoms with E-state index in [1.165, 1.54) is 70.1 Å². The fraction of sp³-hybridized carbons (Fsp3) is 0.286. The van der Waals surface area contributed by atoms with Crippen LogP contribution in [0.1, 0.15) is 48.4 Å². The van der Waals surface area contributed by atoms with Gasteiger partial charge in [-0.15, -0.1) is 0 Å². The monoisotopic (exact) mass is 393 g/mol. The molecule has 0 spiro atoms. The Labute approximate surface area is 179 Å². The van der Waals surface area contributed by atoms with Crippen molar-refractivity contribution in [1.82, 2.24) is 4.98 Å². The molecule has 0 bridgehead atoms. The second-order valence-electron chi connectivity index (χ2n) is 8.79. The molecule has 1 saturated carbocycles. The van der Waals surface area contributed by atoms with Crippen LogP contribution in [0.4, 0.5) is 0 Å². The minimum Gasteiger partial charge on any atom is -0.264 e. The highest BCUT2D eigenvalue weighted by Crippen LogP contribution is 2.37. The van der Waals surface area contributed by atoms with Crippen LogP contribution >= 0.6 is 0 Å². The van der Waals surface area contributed by atoms with E-state index < -0.39 is 0 Å². The molecule has 1 fully saturated rings. The molecule has 4 aromatic rings. The molecule has 1 aliphatic rings. The van der Waals surface area contributed by atoms with Crippen molar-refractivity contribution in [3.63, 3.8) is 0 Å². The first-order valence-electron chi connectivity index (χ1n) is 11.1. The normalized spacial score (nSPS) is 14.5. The summed E-state index contributed by atoms with van der Waals surface area (Å²) in [4.78, 5) is 4.31. The van der Waals surface area contributed by atoms with E-state index >= 15 is 0 Å². The van der Waals surface area contributed by atoms with Crippen molar-refractivity contribution >= 4 is 10.8 Å². The summed E-state index contributed by atoms with van der Waals surface area (Å²) >= 11 is 0. The summed E-state index contributed by atoms with van der Waals surface area (Å²) in [6.07, 6.45) is 9.19. The molecule has 0 unspecified atom stereocenters. The molecule has 0 N–H and O–H groups in total. The van der Waals surface area contributed by atoms with Gasteiger partial charge in [-0.3, -0.25) is 4.98 Å². The molecule has 1 aliphatic carbocycles. The molecule has 2 heterocycles. The average Bonchev–Trinajstić information content (AvgIpc) is 3.31. The van der Waals surface area contributed by atoms with Gasteiger partial charge in [-0.1, -0.05) is 43.2 Å². The quantitative estimate of drug-likeness (QED) is 0.355. The zero-order chi connectivity index (χ0) is 20.7. The average molecular weight is 394 g/mol. The number of fused-ring (bicyclic) bond motifs is 1. The molecule has 2 aromatic carbocycles. The van der Waals surface area contributed by atoms with Gasteiger partial charge in [-0.2, -0.15) is 4.57 Å². The van der Waals surface area contributed by atoms with Crippen LogP contribution in [0.2, 0.25) is 0 Å². The molecule has 0 amide bonds. The maximum atomic E-state index is 4.31. The highest BCUT2D eigenvalue weighted by Gasteiger charge is 2.22. The number of aryl methyl sites for hydroxylation is 2. The largest absolute Gasteiger partial charge is 0.264 e. The van der Waals surface area contributed by atoms with E-state index in [0.29, 0.717) is 0 Å². The lowest BCUT2D eigenvalue weighted by Crippen LogP contribution is -2.35. The first kappa shape index (κ1) is 19.0. The summed E-state index contributed by atoms with van der Waals surface area (Å²) in [5.41, 5.74) is 9.05. The van der Waals surface area contributed by atoms with Gasteiger partial charge in [0.25, 0.3) is 0 Å². The van der Waals surface area contributed by atoms with Crippen molar-refractivity contribution < 1.29 is 4.57 Å². The van der Waals surface area contributed by atoms with Crippen LogP contribution in [0, 0.1) is 13.8 Å². The van der Waals surface area contributed by atoms with Gasteiger partial charge < -0.3 is 0 Å². The Morgan fingerprint density at radius 2 is 1.73 bits per heavy atom. The maximum Gasteiger partial charge on any atom is 0.220 e. The number of hydrogen-bond acceptors (Lipinski definition) is 1. The topological polar surface area (TPSA) is 16.8 Å². The van der Waals surface area contributed by atoms with Crippen LogP contribution in [-0.2, 0) is 7.05 Å². The van der Waals surface area contributed by atoms with E-state index in [2.05, 4.69) is 79.0 Å². The van der Waals surface area contributed by atoms with E-state index in [0.717, 1.165) is 11.5 Å². The molecule has 150 valence electrons. The summed E-state index contributed by atoms with van der Waals surface area (Å²) in [5.74, 6) is 0.739. The smallest absolute Gasteiger partial charge is 0.220 e. The Kier molecular flexibility index (Phi) is 4.86. The minimum absolute atomic E-state index is 0.739. The zero-order valence-electron chi connectivity index (χ0n) is 18.2. The standard InChI is InChI=1S/C28H29N2/c1-19-10-11-23(24-9-6-14-29-18-24)17-27(19)28-26-13-12-22(21-7-4-5-8-21)16-25(26)15-20(2)30(28)3/h6,9-18,21H,4-5,7-8H2,1-3H3/q+1. The van der Waals surface area contributed by atoms with Gasteiger partial charge in [0, 0.05) is 30.9 Å². The summed E-state index contributed by atoms with van der Waals surface area (Å²) in [7, 11) is 2.19. The fourth-order valence-electron chi connectivity index (χ4n) is 5.02. The van der Waals surface area contributed by atoms with E-state index in [1.807, 2.05) is 18.5 Å². The number of benzene rings is 2. The van der Waals surface area contributed by atoms with Crippen LogP contribution in [-0.4, -0.2) is 4.98 Å². The van der Waals surface area contributed by atoms with Gasteiger partial charge >= 0.3 is 0 Å². The highest BCUT2D eigenvalue weighted by molar-refractivity contribution is 5.95. The van der Waals surface area contributed by atoms with Crippen molar-refractivity contribution in [2.24, 2.45) is 7.05 Å². The molecule has 0 atom stereocenters. The van der Waals surface area contributed by atoms with Crippen LogP contribution in [0.25, 0.3) is 33.2 Å². The van der Waals surface area contributed by atoms with Gasteiger partial charge in [0.2, 0.25) is 5.69 Å². The maximum absolute atomic E-state index is 4.31. The Morgan fingerprint density at radius 1 is 0.900 bits per heavy atom. The Balaban J connectivity index is 1.71. The highest BCUT2D eigenvalue weighted by atomic mass is 14.9. The Bertz CT molecular complexity index is 1220. The SMILES string of the molecule is Cc1ccc(-c2cccnc2)cc1-c1c2ccc(C3CCCC3)cc2cc(C)[n+]1C. The Morgan fingerprint density at radius 3 is 2.50 bits per heavy atom. The third-order valence-electron chi connectivity index (χ3n) is 6.87. The first-order valence-corrected chi connectivity index (χ1v) is 11.1. The van der Waals surface area contributed by atoms with E-state index in [-0.39, 0.29) is 0 Å². The molecule has 0 radical (unpaired) electrons. The molecular weight excluding hydrogens is 364 g/mol. The molecule has 5 rings (SSSR count). The van der Waals surface area contributed by atoms with Crippen molar-refractivity contribution in [2.45, 2.75) is 45.4 Å². The van der Waals surface area contributed by atoms with Crippen molar-refractivity contribution in [3.8, 4) is 22.4 Å². The number of aromatic nitrogens is 2. The molecule has 0 aliphatic heterocycles. The van der Waals surface area contributed by atoms with Crippen LogP contribution in [0.15, 0.2) is 67.0 Å². The third kappa shape index (κ3) is 3.31. The second kappa shape index (κ2) is 7.68. The molecule has 30 heavy (non-hydrogen) atoms. The molecular formula is C28H29N2+. The summed E-state index contributed by atoms with van der Waals surface area (Å²) in [6, 6.07) is 20.4.